The summed E-state index contributed by atoms with van der Waals surface area (Å²) < 4.78 is 36.6. The number of hydrogen-bond donors (Lipinski definition) is 0. The van der Waals surface area contributed by atoms with Gasteiger partial charge in [0.15, 0.2) is 6.10 Å². The Morgan fingerprint density at radius 1 is 1.53 bits per heavy atom. The van der Waals surface area contributed by atoms with Crippen molar-refractivity contribution in [1.29, 1.82) is 0 Å². The molecule has 0 saturated heterocycles. The summed E-state index contributed by atoms with van der Waals surface area (Å²) in [5.41, 5.74) is 0. The summed E-state index contributed by atoms with van der Waals surface area (Å²) >= 11 is 0. The zero-order chi connectivity index (χ0) is 11.3. The third-order valence-corrected chi connectivity index (χ3v) is 1.80. The summed E-state index contributed by atoms with van der Waals surface area (Å²) in [4.78, 5) is 0. The van der Waals surface area contributed by atoms with Gasteiger partial charge in [-0.15, -0.1) is 6.58 Å². The maximum absolute atomic E-state index is 13.4. The molecule has 0 N–H and O–H groups in total. The molecule has 1 aromatic heterocycles. The van der Waals surface area contributed by atoms with Crippen LogP contribution < -0.4 is 0 Å². The largest absolute Gasteiger partial charge is 0.466 e. The second-order valence-corrected chi connectivity index (χ2v) is 2.90. The van der Waals surface area contributed by atoms with Crippen molar-refractivity contribution < 1.29 is 17.9 Å². The minimum Gasteiger partial charge on any atom is -0.466 e. The van der Waals surface area contributed by atoms with E-state index in [2.05, 4.69) is 13.2 Å². The Bertz CT molecular complexity index is 317. The highest BCUT2D eigenvalue weighted by molar-refractivity contribution is 5.10. The maximum Gasteiger partial charge on any atom is 0.299 e. The normalized spacial score (nSPS) is 13.5. The fourth-order valence-electron chi connectivity index (χ4n) is 1.09. The van der Waals surface area contributed by atoms with Crippen LogP contribution in [0.15, 0.2) is 48.1 Å². The van der Waals surface area contributed by atoms with Crippen LogP contribution in [0.1, 0.15) is 11.9 Å². The van der Waals surface area contributed by atoms with Gasteiger partial charge in [0, 0.05) is 0 Å². The van der Waals surface area contributed by atoms with Gasteiger partial charge >= 0.3 is 0 Å². The number of rotatable bonds is 6. The van der Waals surface area contributed by atoms with Gasteiger partial charge in [-0.1, -0.05) is 12.7 Å². The molecule has 1 heterocycles. The zero-order valence-electron chi connectivity index (χ0n) is 8.16. The van der Waals surface area contributed by atoms with Crippen molar-refractivity contribution >= 4 is 0 Å². The van der Waals surface area contributed by atoms with Gasteiger partial charge in [0.2, 0.25) is 0 Å². The molecule has 1 unspecified atom stereocenters. The molecule has 0 amide bonds. The molecular formula is C11H12F2O2. The van der Waals surface area contributed by atoms with E-state index in [1.807, 2.05) is 0 Å². The van der Waals surface area contributed by atoms with E-state index in [0.29, 0.717) is 6.08 Å². The molecule has 1 rings (SSSR count). The molecule has 0 radical (unpaired) electrons. The first-order chi connectivity index (χ1) is 7.11. The first-order valence-corrected chi connectivity index (χ1v) is 4.39. The van der Waals surface area contributed by atoms with Gasteiger partial charge in [-0.05, 0) is 18.2 Å². The Balaban J connectivity index is 2.87. The van der Waals surface area contributed by atoms with E-state index in [1.165, 1.54) is 24.5 Å². The van der Waals surface area contributed by atoms with Crippen molar-refractivity contribution in [2.45, 2.75) is 12.0 Å². The number of hydrogen-bond acceptors (Lipinski definition) is 2. The van der Waals surface area contributed by atoms with E-state index >= 15 is 0 Å². The third kappa shape index (κ3) is 2.76. The van der Waals surface area contributed by atoms with Gasteiger partial charge < -0.3 is 9.15 Å². The summed E-state index contributed by atoms with van der Waals surface area (Å²) in [6, 6.07) is 2.96. The molecule has 0 aliphatic rings. The second kappa shape index (κ2) is 4.89. The predicted molar refractivity (Wildman–Crippen MR) is 52.7 cm³/mol. The summed E-state index contributed by atoms with van der Waals surface area (Å²) in [5, 5.41) is 0. The van der Waals surface area contributed by atoms with Crippen molar-refractivity contribution in [1.82, 2.24) is 0 Å². The van der Waals surface area contributed by atoms with Crippen LogP contribution in [0.3, 0.4) is 0 Å². The lowest BCUT2D eigenvalue weighted by Gasteiger charge is -2.21. The average molecular weight is 214 g/mol. The molecule has 0 saturated carbocycles. The van der Waals surface area contributed by atoms with Crippen molar-refractivity contribution in [2.75, 3.05) is 6.61 Å². The SMILES string of the molecule is C=CCOC(c1ccco1)C(F)(F)C=C. The lowest BCUT2D eigenvalue weighted by Crippen LogP contribution is -2.25. The highest BCUT2D eigenvalue weighted by Gasteiger charge is 2.40. The van der Waals surface area contributed by atoms with Crippen LogP contribution in [0.5, 0.6) is 0 Å². The first-order valence-electron chi connectivity index (χ1n) is 4.39. The van der Waals surface area contributed by atoms with Crippen LogP contribution in [0.2, 0.25) is 0 Å². The smallest absolute Gasteiger partial charge is 0.299 e. The lowest BCUT2D eigenvalue weighted by atomic mass is 10.1. The van der Waals surface area contributed by atoms with Crippen molar-refractivity contribution in [3.05, 3.63) is 49.5 Å². The monoisotopic (exact) mass is 214 g/mol. The molecule has 1 atom stereocenters. The molecular weight excluding hydrogens is 202 g/mol. The van der Waals surface area contributed by atoms with E-state index in [4.69, 9.17) is 9.15 Å². The molecule has 1 aromatic rings. The maximum atomic E-state index is 13.4. The molecule has 0 fully saturated rings. The Morgan fingerprint density at radius 3 is 2.73 bits per heavy atom. The Hall–Kier alpha value is -1.42. The number of alkyl halides is 2. The van der Waals surface area contributed by atoms with Gasteiger partial charge in [-0.2, -0.15) is 8.78 Å². The summed E-state index contributed by atoms with van der Waals surface area (Å²) in [5.74, 6) is -3.09. The van der Waals surface area contributed by atoms with Crippen LogP contribution in [-0.2, 0) is 4.74 Å². The van der Waals surface area contributed by atoms with E-state index in [9.17, 15) is 8.78 Å². The molecule has 0 spiro atoms. The van der Waals surface area contributed by atoms with Gasteiger partial charge in [0.25, 0.3) is 5.92 Å². The lowest BCUT2D eigenvalue weighted by molar-refractivity contribution is -0.110. The van der Waals surface area contributed by atoms with Gasteiger partial charge in [0.05, 0.1) is 12.9 Å². The quantitative estimate of drug-likeness (QED) is 0.677. The standard InChI is InChI=1S/C11H12F2O2/c1-3-7-15-10(11(12,13)4-2)9-6-5-8-14-9/h3-6,8,10H,1-2,7H2. The topological polar surface area (TPSA) is 22.4 Å². The van der Waals surface area contributed by atoms with Gasteiger partial charge in [0.1, 0.15) is 5.76 Å². The van der Waals surface area contributed by atoms with E-state index in [0.717, 1.165) is 0 Å². The van der Waals surface area contributed by atoms with Gasteiger partial charge in [-0.25, -0.2) is 0 Å². The summed E-state index contributed by atoms with van der Waals surface area (Å²) in [6.07, 6.45) is 1.81. The molecule has 0 bridgehead atoms. The molecule has 0 aliphatic heterocycles. The molecule has 15 heavy (non-hydrogen) atoms. The fraction of sp³-hybridized carbons (Fsp3) is 0.273. The molecule has 0 aromatic carbocycles. The van der Waals surface area contributed by atoms with Crippen LogP contribution in [0.4, 0.5) is 8.78 Å². The number of ether oxygens (including phenoxy) is 1. The second-order valence-electron chi connectivity index (χ2n) is 2.90. The predicted octanol–water partition coefficient (Wildman–Crippen LogP) is 3.34. The minimum atomic E-state index is -3.17. The highest BCUT2D eigenvalue weighted by Crippen LogP contribution is 2.35. The third-order valence-electron chi connectivity index (χ3n) is 1.80. The number of furan rings is 1. The van der Waals surface area contributed by atoms with Crippen LogP contribution in [0, 0.1) is 0 Å². The van der Waals surface area contributed by atoms with Crippen molar-refractivity contribution in [3.8, 4) is 0 Å². The van der Waals surface area contributed by atoms with Crippen LogP contribution in [-0.4, -0.2) is 12.5 Å². The van der Waals surface area contributed by atoms with E-state index < -0.39 is 12.0 Å². The summed E-state index contributed by atoms with van der Waals surface area (Å²) in [7, 11) is 0. The van der Waals surface area contributed by atoms with E-state index in [1.54, 1.807) is 0 Å². The Labute approximate surface area is 86.8 Å². The number of halogens is 2. The molecule has 4 heteroatoms. The molecule has 82 valence electrons. The highest BCUT2D eigenvalue weighted by atomic mass is 19.3. The van der Waals surface area contributed by atoms with Gasteiger partial charge in [-0.3, -0.25) is 0 Å². The van der Waals surface area contributed by atoms with Crippen LogP contribution in [0.25, 0.3) is 0 Å². The van der Waals surface area contributed by atoms with Crippen molar-refractivity contribution in [3.63, 3.8) is 0 Å². The zero-order valence-corrected chi connectivity index (χ0v) is 8.16. The summed E-state index contributed by atoms with van der Waals surface area (Å²) in [6.45, 7) is 6.49. The Kier molecular flexibility index (Phi) is 3.80. The minimum absolute atomic E-state index is 0.0226. The van der Waals surface area contributed by atoms with E-state index in [-0.39, 0.29) is 12.4 Å². The first kappa shape index (κ1) is 11.7. The molecule has 0 aliphatic carbocycles. The fourth-order valence-corrected chi connectivity index (χ4v) is 1.09. The van der Waals surface area contributed by atoms with Crippen LogP contribution >= 0.6 is 0 Å². The van der Waals surface area contributed by atoms with Crippen molar-refractivity contribution in [2.24, 2.45) is 0 Å². The Morgan fingerprint density at radius 2 is 2.27 bits per heavy atom. The average Bonchev–Trinajstić information content (AvgIpc) is 2.71. The molecule has 2 nitrogen and oxygen atoms in total.